The third-order valence-corrected chi connectivity index (χ3v) is 7.64. The number of benzene rings is 1. The zero-order valence-electron chi connectivity index (χ0n) is 21.0. The molecule has 4 aromatic rings. The number of hydrogen-bond donors (Lipinski definition) is 1. The van der Waals surface area contributed by atoms with E-state index >= 15 is 0 Å². The molecule has 1 saturated carbocycles. The van der Waals surface area contributed by atoms with Crippen LogP contribution in [-0.2, 0) is 6.18 Å². The Morgan fingerprint density at radius 1 is 0.974 bits per heavy atom. The van der Waals surface area contributed by atoms with Crippen molar-refractivity contribution in [2.24, 2.45) is 5.41 Å². The van der Waals surface area contributed by atoms with Crippen molar-refractivity contribution < 1.29 is 13.2 Å². The van der Waals surface area contributed by atoms with E-state index in [9.17, 15) is 13.2 Å². The van der Waals surface area contributed by atoms with E-state index in [2.05, 4.69) is 37.9 Å². The second-order valence-electron chi connectivity index (χ2n) is 10.4. The third-order valence-electron chi connectivity index (χ3n) is 7.64. The smallest absolute Gasteiger partial charge is 0.369 e. The monoisotopic (exact) mass is 516 g/mol. The molecular formula is C29H27F3N6. The fourth-order valence-corrected chi connectivity index (χ4v) is 5.24. The van der Waals surface area contributed by atoms with Gasteiger partial charge < -0.3 is 10.2 Å². The molecule has 4 heterocycles. The molecule has 1 aliphatic heterocycles. The minimum Gasteiger partial charge on any atom is -0.369 e. The van der Waals surface area contributed by atoms with Crippen LogP contribution in [0.1, 0.15) is 36.0 Å². The van der Waals surface area contributed by atoms with Crippen molar-refractivity contribution >= 4 is 17.1 Å². The number of aryl methyl sites for hydroxylation is 1. The largest absolute Gasteiger partial charge is 0.417 e. The zero-order chi connectivity index (χ0) is 26.5. The Morgan fingerprint density at radius 2 is 1.76 bits per heavy atom. The van der Waals surface area contributed by atoms with Gasteiger partial charge in [-0.3, -0.25) is 9.97 Å². The molecule has 1 saturated heterocycles. The van der Waals surface area contributed by atoms with Gasteiger partial charge in [-0.1, -0.05) is 19.1 Å². The average molecular weight is 517 g/mol. The average Bonchev–Trinajstić information content (AvgIpc) is 3.33. The molecule has 0 radical (unpaired) electrons. The summed E-state index contributed by atoms with van der Waals surface area (Å²) in [5.74, 6) is 0. The van der Waals surface area contributed by atoms with E-state index in [4.69, 9.17) is 0 Å². The molecule has 0 atom stereocenters. The zero-order valence-corrected chi connectivity index (χ0v) is 21.0. The Hall–Kier alpha value is -4.14. The van der Waals surface area contributed by atoms with Crippen LogP contribution >= 0.6 is 0 Å². The highest BCUT2D eigenvalue weighted by atomic mass is 19.4. The summed E-state index contributed by atoms with van der Waals surface area (Å²) >= 11 is 0. The standard InChI is InChI=1S/C29H27F3N6/c1-19-4-5-25(36-20(2)21-8-24(14-33-11-21)29(30,31)32)10-27(19)38-16-23(13-35-38)22-9-26(15-34-12-22)37-17-28(18-37)6-3-7-28/h4-5,8-16,36H,2-3,6-7,17-18H2,1H3. The lowest BCUT2D eigenvalue weighted by Crippen LogP contribution is -2.59. The first kappa shape index (κ1) is 24.2. The van der Waals surface area contributed by atoms with Crippen LogP contribution in [0, 0.1) is 12.3 Å². The highest BCUT2D eigenvalue weighted by Gasteiger charge is 2.47. The number of aromatic nitrogens is 4. The summed E-state index contributed by atoms with van der Waals surface area (Å²) in [4.78, 5) is 10.6. The molecule has 194 valence electrons. The maximum absolute atomic E-state index is 13.1. The number of hydrogen-bond acceptors (Lipinski definition) is 5. The van der Waals surface area contributed by atoms with Gasteiger partial charge in [0, 0.05) is 71.4 Å². The van der Waals surface area contributed by atoms with Gasteiger partial charge in [-0.15, -0.1) is 0 Å². The van der Waals surface area contributed by atoms with Crippen molar-refractivity contribution in [1.29, 1.82) is 0 Å². The molecule has 1 N–H and O–H groups in total. The molecule has 38 heavy (non-hydrogen) atoms. The first-order chi connectivity index (χ1) is 18.2. The van der Waals surface area contributed by atoms with Crippen LogP contribution in [-0.4, -0.2) is 32.8 Å². The molecule has 1 spiro atoms. The summed E-state index contributed by atoms with van der Waals surface area (Å²) < 4.78 is 41.1. The van der Waals surface area contributed by atoms with Gasteiger partial charge >= 0.3 is 6.18 Å². The lowest BCUT2D eigenvalue weighted by Gasteiger charge is -2.56. The van der Waals surface area contributed by atoms with E-state index in [1.807, 2.05) is 49.9 Å². The Morgan fingerprint density at radius 3 is 2.50 bits per heavy atom. The molecule has 0 bridgehead atoms. The lowest BCUT2D eigenvalue weighted by atomic mass is 9.63. The molecule has 1 aliphatic carbocycles. The van der Waals surface area contributed by atoms with E-state index < -0.39 is 11.7 Å². The molecule has 2 aliphatic rings. The molecule has 2 fully saturated rings. The summed E-state index contributed by atoms with van der Waals surface area (Å²) in [5.41, 5.74) is 5.91. The van der Waals surface area contributed by atoms with Crippen molar-refractivity contribution in [2.75, 3.05) is 23.3 Å². The van der Waals surface area contributed by atoms with Gasteiger partial charge in [-0.2, -0.15) is 18.3 Å². The third kappa shape index (κ3) is 4.53. The summed E-state index contributed by atoms with van der Waals surface area (Å²) in [5, 5.41) is 7.69. The van der Waals surface area contributed by atoms with Crippen LogP contribution in [0.25, 0.3) is 22.5 Å². The molecule has 0 unspecified atom stereocenters. The van der Waals surface area contributed by atoms with Gasteiger partial charge in [0.05, 0.1) is 29.3 Å². The van der Waals surface area contributed by atoms with Crippen molar-refractivity contribution in [3.63, 3.8) is 0 Å². The quantitative estimate of drug-likeness (QED) is 0.308. The predicted molar refractivity (Wildman–Crippen MR) is 142 cm³/mol. The summed E-state index contributed by atoms with van der Waals surface area (Å²) in [7, 11) is 0. The second kappa shape index (κ2) is 9.01. The summed E-state index contributed by atoms with van der Waals surface area (Å²) in [6.07, 6.45) is 9.25. The molecule has 3 aromatic heterocycles. The van der Waals surface area contributed by atoms with E-state index in [-0.39, 0.29) is 5.56 Å². The number of rotatable bonds is 6. The number of alkyl halides is 3. The van der Waals surface area contributed by atoms with Crippen LogP contribution in [0.2, 0.25) is 0 Å². The van der Waals surface area contributed by atoms with Crippen LogP contribution in [0.3, 0.4) is 0 Å². The normalized spacial score (nSPS) is 16.2. The van der Waals surface area contributed by atoms with E-state index in [0.29, 0.717) is 16.8 Å². The fraction of sp³-hybridized carbons (Fsp3) is 0.276. The van der Waals surface area contributed by atoms with Gasteiger partial charge in [0.25, 0.3) is 0 Å². The number of nitrogens with zero attached hydrogens (tertiary/aromatic N) is 5. The first-order valence-electron chi connectivity index (χ1n) is 12.5. The Bertz CT molecular complexity index is 1510. The molecule has 1 aromatic carbocycles. The van der Waals surface area contributed by atoms with Crippen LogP contribution in [0.4, 0.5) is 24.5 Å². The second-order valence-corrected chi connectivity index (χ2v) is 10.4. The first-order valence-corrected chi connectivity index (χ1v) is 12.5. The number of nitrogens with one attached hydrogen (secondary N) is 1. The van der Waals surface area contributed by atoms with Gasteiger partial charge in [0.15, 0.2) is 0 Å². The summed E-state index contributed by atoms with van der Waals surface area (Å²) in [6, 6.07) is 8.87. The van der Waals surface area contributed by atoms with Crippen LogP contribution in [0.15, 0.2) is 74.1 Å². The van der Waals surface area contributed by atoms with Gasteiger partial charge in [-0.05, 0) is 49.6 Å². The van der Waals surface area contributed by atoms with E-state index in [0.717, 1.165) is 53.4 Å². The maximum Gasteiger partial charge on any atom is 0.417 e. The maximum atomic E-state index is 13.1. The number of pyridine rings is 2. The van der Waals surface area contributed by atoms with E-state index in [1.165, 1.54) is 25.5 Å². The van der Waals surface area contributed by atoms with Gasteiger partial charge in [0.2, 0.25) is 0 Å². The Labute approximate surface area is 218 Å². The molecule has 9 heteroatoms. The molecular weight excluding hydrogens is 489 g/mol. The number of anilines is 2. The van der Waals surface area contributed by atoms with E-state index in [1.54, 1.807) is 4.68 Å². The molecule has 0 amide bonds. The van der Waals surface area contributed by atoms with Crippen molar-refractivity contribution in [3.05, 3.63) is 90.8 Å². The van der Waals surface area contributed by atoms with Crippen LogP contribution in [0.5, 0.6) is 0 Å². The number of halogens is 3. The lowest BCUT2D eigenvalue weighted by molar-refractivity contribution is -0.137. The Balaban J connectivity index is 1.20. The van der Waals surface area contributed by atoms with Crippen LogP contribution < -0.4 is 10.2 Å². The minimum absolute atomic E-state index is 0.265. The summed E-state index contributed by atoms with van der Waals surface area (Å²) in [6.45, 7) is 8.11. The minimum atomic E-state index is -4.47. The Kier molecular flexibility index (Phi) is 5.74. The molecule has 6 rings (SSSR count). The van der Waals surface area contributed by atoms with Gasteiger partial charge in [-0.25, -0.2) is 4.68 Å². The van der Waals surface area contributed by atoms with Crippen molar-refractivity contribution in [3.8, 4) is 16.8 Å². The van der Waals surface area contributed by atoms with Gasteiger partial charge in [0.1, 0.15) is 0 Å². The predicted octanol–water partition coefficient (Wildman–Crippen LogP) is 6.73. The SMILES string of the molecule is C=C(Nc1ccc(C)c(-n2cc(-c3cncc(N4CC5(CCC5)C4)c3)cn2)c1)c1cncc(C(F)(F)F)c1. The highest BCUT2D eigenvalue weighted by Crippen LogP contribution is 2.49. The highest BCUT2D eigenvalue weighted by molar-refractivity contribution is 5.76. The van der Waals surface area contributed by atoms with Crippen molar-refractivity contribution in [1.82, 2.24) is 19.7 Å². The van der Waals surface area contributed by atoms with Crippen molar-refractivity contribution in [2.45, 2.75) is 32.4 Å². The fourth-order valence-electron chi connectivity index (χ4n) is 5.24. The topological polar surface area (TPSA) is 58.9 Å². The molecule has 6 nitrogen and oxygen atoms in total.